The van der Waals surface area contributed by atoms with Gasteiger partial charge in [0, 0.05) is 5.69 Å². The summed E-state index contributed by atoms with van der Waals surface area (Å²) in [5.41, 5.74) is 2.04. The van der Waals surface area contributed by atoms with Gasteiger partial charge in [0.2, 0.25) is 0 Å². The molecule has 0 aliphatic heterocycles. The number of ether oxygens (including phenoxy) is 1. The second kappa shape index (κ2) is 6.49. The van der Waals surface area contributed by atoms with E-state index in [2.05, 4.69) is 31.0 Å². The predicted octanol–water partition coefficient (Wildman–Crippen LogP) is 3.19. The van der Waals surface area contributed by atoms with Crippen LogP contribution >= 0.6 is 15.9 Å². The first-order valence-electron chi connectivity index (χ1n) is 6.14. The second-order valence-corrected chi connectivity index (χ2v) is 5.13. The highest BCUT2D eigenvalue weighted by Gasteiger charge is 2.12. The van der Waals surface area contributed by atoms with E-state index in [1.165, 1.54) is 7.11 Å². The minimum absolute atomic E-state index is 0.284. The van der Waals surface area contributed by atoms with Gasteiger partial charge in [0.25, 0.3) is 5.91 Å². The lowest BCUT2D eigenvalue weighted by atomic mass is 10.1. The molecule has 0 radical (unpaired) electrons. The highest BCUT2D eigenvalue weighted by Crippen LogP contribution is 2.18. The molecule has 0 unspecified atom stereocenters. The number of esters is 1. The zero-order valence-corrected chi connectivity index (χ0v) is 13.1. The number of nitrogens with zero attached hydrogens (tertiary/aromatic N) is 1. The predicted molar refractivity (Wildman–Crippen MR) is 82.4 cm³/mol. The monoisotopic (exact) mass is 348 g/mol. The van der Waals surface area contributed by atoms with Crippen LogP contribution in [0.5, 0.6) is 0 Å². The quantitative estimate of drug-likeness (QED) is 0.683. The molecular weight excluding hydrogens is 336 g/mol. The Hall–Kier alpha value is -2.21. The molecule has 0 aliphatic carbocycles. The lowest BCUT2D eigenvalue weighted by Gasteiger charge is -2.09. The Balaban J connectivity index is 2.26. The first-order valence-corrected chi connectivity index (χ1v) is 6.93. The fourth-order valence-electron chi connectivity index (χ4n) is 1.72. The number of benzene rings is 1. The van der Waals surface area contributed by atoms with Crippen LogP contribution in [0.2, 0.25) is 0 Å². The van der Waals surface area contributed by atoms with E-state index in [0.717, 1.165) is 5.56 Å². The Kier molecular flexibility index (Phi) is 4.70. The number of pyridine rings is 1. The molecule has 1 aromatic carbocycles. The highest BCUT2D eigenvalue weighted by molar-refractivity contribution is 9.10. The number of methoxy groups -OCH3 is 1. The number of hydrogen-bond donors (Lipinski definition) is 1. The van der Waals surface area contributed by atoms with Crippen molar-refractivity contribution in [2.24, 2.45) is 0 Å². The summed E-state index contributed by atoms with van der Waals surface area (Å²) >= 11 is 3.22. The lowest BCUT2D eigenvalue weighted by molar-refractivity contribution is 0.0600. The molecular formula is C15H13BrN2O3. The van der Waals surface area contributed by atoms with E-state index in [1.807, 2.05) is 6.92 Å². The second-order valence-electron chi connectivity index (χ2n) is 4.32. The number of nitrogens with one attached hydrogen (secondary N) is 1. The van der Waals surface area contributed by atoms with Crippen molar-refractivity contribution in [3.8, 4) is 0 Å². The minimum atomic E-state index is -0.453. The average molecular weight is 349 g/mol. The van der Waals surface area contributed by atoms with Gasteiger partial charge in [0.1, 0.15) is 10.3 Å². The Morgan fingerprint density at radius 3 is 2.67 bits per heavy atom. The molecule has 0 fully saturated rings. The molecule has 1 N–H and O–H groups in total. The van der Waals surface area contributed by atoms with Gasteiger partial charge in [-0.25, -0.2) is 9.78 Å². The van der Waals surface area contributed by atoms with Gasteiger partial charge in [0.15, 0.2) is 0 Å². The van der Waals surface area contributed by atoms with E-state index in [-0.39, 0.29) is 11.6 Å². The summed E-state index contributed by atoms with van der Waals surface area (Å²) in [4.78, 5) is 27.8. The van der Waals surface area contributed by atoms with Crippen LogP contribution in [0.1, 0.15) is 26.4 Å². The van der Waals surface area contributed by atoms with Crippen molar-refractivity contribution in [1.82, 2.24) is 4.98 Å². The van der Waals surface area contributed by atoms with Crippen LogP contribution in [0.15, 0.2) is 41.0 Å². The standard InChI is InChI=1S/C15H13BrN2O3/c1-9-6-7-10(15(20)21-2)8-12(9)18-14(19)11-4-3-5-13(16)17-11/h3-8H,1-2H3,(H,18,19). The first kappa shape index (κ1) is 15.2. The molecule has 108 valence electrons. The number of halogens is 1. The van der Waals surface area contributed by atoms with Crippen molar-refractivity contribution in [3.05, 3.63) is 57.8 Å². The Bertz CT molecular complexity index is 701. The number of carbonyl (C=O) groups excluding carboxylic acids is 2. The summed E-state index contributed by atoms with van der Waals surface area (Å²) in [5.74, 6) is -0.799. The Morgan fingerprint density at radius 2 is 2.00 bits per heavy atom. The van der Waals surface area contributed by atoms with Gasteiger partial charge in [0.05, 0.1) is 12.7 Å². The zero-order chi connectivity index (χ0) is 15.4. The largest absolute Gasteiger partial charge is 0.465 e. The molecule has 2 rings (SSSR count). The molecule has 0 spiro atoms. The van der Waals surface area contributed by atoms with Gasteiger partial charge in [-0.15, -0.1) is 0 Å². The van der Waals surface area contributed by atoms with Crippen LogP contribution in [0.4, 0.5) is 5.69 Å². The van der Waals surface area contributed by atoms with Crippen molar-refractivity contribution in [2.75, 3.05) is 12.4 Å². The average Bonchev–Trinajstić information content (AvgIpc) is 2.48. The number of amides is 1. The lowest BCUT2D eigenvalue weighted by Crippen LogP contribution is -2.15. The first-order chi connectivity index (χ1) is 10.0. The summed E-state index contributed by atoms with van der Waals surface area (Å²) < 4.78 is 5.25. The summed E-state index contributed by atoms with van der Waals surface area (Å²) in [6.07, 6.45) is 0. The van der Waals surface area contributed by atoms with Crippen LogP contribution in [0.3, 0.4) is 0 Å². The number of aryl methyl sites for hydroxylation is 1. The summed E-state index contributed by atoms with van der Waals surface area (Å²) in [6.45, 7) is 1.84. The van der Waals surface area contributed by atoms with Gasteiger partial charge in [-0.1, -0.05) is 12.1 Å². The maximum absolute atomic E-state index is 12.2. The third kappa shape index (κ3) is 3.66. The van der Waals surface area contributed by atoms with Crippen molar-refractivity contribution < 1.29 is 14.3 Å². The van der Waals surface area contributed by atoms with E-state index in [9.17, 15) is 9.59 Å². The molecule has 21 heavy (non-hydrogen) atoms. The Labute approximate surface area is 130 Å². The maximum atomic E-state index is 12.2. The van der Waals surface area contributed by atoms with Crippen molar-refractivity contribution >= 4 is 33.5 Å². The van der Waals surface area contributed by atoms with E-state index in [1.54, 1.807) is 36.4 Å². The summed E-state index contributed by atoms with van der Waals surface area (Å²) in [5, 5.41) is 2.74. The smallest absolute Gasteiger partial charge is 0.337 e. The fraction of sp³-hybridized carbons (Fsp3) is 0.133. The third-order valence-corrected chi connectivity index (χ3v) is 3.30. The van der Waals surface area contributed by atoms with E-state index in [0.29, 0.717) is 15.9 Å². The maximum Gasteiger partial charge on any atom is 0.337 e. The van der Waals surface area contributed by atoms with Crippen LogP contribution in [-0.2, 0) is 4.74 Å². The number of aromatic nitrogens is 1. The number of carbonyl (C=O) groups is 2. The molecule has 1 aromatic heterocycles. The molecule has 0 bridgehead atoms. The number of anilines is 1. The van der Waals surface area contributed by atoms with Gasteiger partial charge < -0.3 is 10.1 Å². The summed E-state index contributed by atoms with van der Waals surface area (Å²) in [7, 11) is 1.31. The van der Waals surface area contributed by atoms with Crippen LogP contribution in [0, 0.1) is 6.92 Å². The van der Waals surface area contributed by atoms with Crippen molar-refractivity contribution in [1.29, 1.82) is 0 Å². The van der Waals surface area contributed by atoms with Crippen LogP contribution in [0.25, 0.3) is 0 Å². The zero-order valence-electron chi connectivity index (χ0n) is 11.5. The van der Waals surface area contributed by atoms with E-state index >= 15 is 0 Å². The molecule has 0 aliphatic rings. The Morgan fingerprint density at radius 1 is 1.24 bits per heavy atom. The van der Waals surface area contributed by atoms with Gasteiger partial charge in [-0.05, 0) is 52.7 Å². The fourth-order valence-corrected chi connectivity index (χ4v) is 2.07. The normalized spacial score (nSPS) is 10.0. The number of hydrogen-bond acceptors (Lipinski definition) is 4. The SMILES string of the molecule is COC(=O)c1ccc(C)c(NC(=O)c2cccc(Br)n2)c1. The van der Waals surface area contributed by atoms with Gasteiger partial charge >= 0.3 is 5.97 Å². The van der Waals surface area contributed by atoms with E-state index in [4.69, 9.17) is 0 Å². The topological polar surface area (TPSA) is 68.3 Å². The molecule has 2 aromatic rings. The molecule has 6 heteroatoms. The molecule has 5 nitrogen and oxygen atoms in total. The third-order valence-electron chi connectivity index (χ3n) is 2.85. The minimum Gasteiger partial charge on any atom is -0.465 e. The van der Waals surface area contributed by atoms with Crippen LogP contribution in [-0.4, -0.2) is 24.0 Å². The van der Waals surface area contributed by atoms with Gasteiger partial charge in [-0.2, -0.15) is 0 Å². The van der Waals surface area contributed by atoms with Crippen LogP contribution < -0.4 is 5.32 Å². The molecule has 1 amide bonds. The van der Waals surface area contributed by atoms with E-state index < -0.39 is 5.97 Å². The van der Waals surface area contributed by atoms with Crippen molar-refractivity contribution in [2.45, 2.75) is 6.92 Å². The molecule has 1 heterocycles. The molecule has 0 saturated carbocycles. The molecule has 0 saturated heterocycles. The summed E-state index contributed by atoms with van der Waals surface area (Å²) in [6, 6.07) is 10.0. The molecule has 0 atom stereocenters. The van der Waals surface area contributed by atoms with Crippen molar-refractivity contribution in [3.63, 3.8) is 0 Å². The number of rotatable bonds is 3. The van der Waals surface area contributed by atoms with Gasteiger partial charge in [-0.3, -0.25) is 4.79 Å². The highest BCUT2D eigenvalue weighted by atomic mass is 79.9.